The summed E-state index contributed by atoms with van der Waals surface area (Å²) in [5.41, 5.74) is 2.55. The van der Waals surface area contributed by atoms with Gasteiger partial charge in [0.2, 0.25) is 5.91 Å². The van der Waals surface area contributed by atoms with Crippen LogP contribution in [0.2, 0.25) is 18.1 Å². The number of nitrogens with zero attached hydrogens (tertiary/aromatic N) is 2. The minimum atomic E-state index is -3.33. The monoisotopic (exact) mass is 804 g/mol. The number of aliphatic carboxylic acids is 1. The van der Waals surface area contributed by atoms with Crippen molar-refractivity contribution in [3.63, 3.8) is 0 Å². The first kappa shape index (κ1) is 42.2. The molecule has 2 aliphatic rings. The van der Waals surface area contributed by atoms with Gasteiger partial charge in [-0.05, 0) is 58.5 Å². The summed E-state index contributed by atoms with van der Waals surface area (Å²) in [6, 6.07) is 34.2. The summed E-state index contributed by atoms with van der Waals surface area (Å²) in [4.78, 5) is 47.6. The third-order valence-electron chi connectivity index (χ3n) is 12.0. The van der Waals surface area contributed by atoms with Gasteiger partial charge in [0.05, 0.1) is 31.3 Å². The molecule has 2 aliphatic heterocycles. The molecule has 2 fully saturated rings. The molecule has 0 aliphatic carbocycles. The van der Waals surface area contributed by atoms with Crippen LogP contribution in [0.3, 0.4) is 0 Å². The number of ketones is 1. The highest BCUT2D eigenvalue weighted by molar-refractivity contribution is 7.96. The highest BCUT2D eigenvalue weighted by Crippen LogP contribution is 2.51. The van der Waals surface area contributed by atoms with E-state index in [0.29, 0.717) is 25.2 Å². The van der Waals surface area contributed by atoms with Crippen LogP contribution in [-0.2, 0) is 31.7 Å². The summed E-state index contributed by atoms with van der Waals surface area (Å²) in [5.74, 6) is -2.41. The fourth-order valence-corrected chi connectivity index (χ4v) is 14.1. The van der Waals surface area contributed by atoms with Crippen LogP contribution in [0, 0.1) is 5.92 Å². The van der Waals surface area contributed by atoms with Gasteiger partial charge in [0, 0.05) is 38.5 Å². The first-order valence-electron chi connectivity index (χ1n) is 19.9. The number of likely N-dealkylation sites (tertiary alicyclic amines) is 1. The summed E-state index contributed by atoms with van der Waals surface area (Å²) >= 11 is 0. The lowest BCUT2D eigenvalue weighted by Gasteiger charge is -2.52. The third kappa shape index (κ3) is 8.60. The molecule has 0 saturated carbocycles. The molecule has 0 bridgehead atoms. The second-order valence-electron chi connectivity index (χ2n) is 16.7. The van der Waals surface area contributed by atoms with Crippen molar-refractivity contribution in [2.45, 2.75) is 77.4 Å². The Morgan fingerprint density at radius 1 is 0.912 bits per heavy atom. The molecule has 10 heteroatoms. The van der Waals surface area contributed by atoms with E-state index in [1.165, 1.54) is 4.90 Å². The topological polar surface area (TPSA) is 96.4 Å². The summed E-state index contributed by atoms with van der Waals surface area (Å²) in [6.45, 7) is 17.3. The number of carbonyl (C=O) groups excluding carboxylic acids is 2. The zero-order valence-corrected chi connectivity index (χ0v) is 36.1. The number of ether oxygens (including phenoxy) is 1. The molecule has 0 spiro atoms. The number of allylic oxidation sites excluding steroid dienone is 1. The Morgan fingerprint density at radius 3 is 2.02 bits per heavy atom. The number of carbonyl (C=O) groups is 3. The number of carboxylic acids is 1. The number of amides is 1. The van der Waals surface area contributed by atoms with E-state index in [-0.39, 0.29) is 28.6 Å². The maximum absolute atomic E-state index is 15.1. The minimum Gasteiger partial charge on any atom is -0.477 e. The van der Waals surface area contributed by atoms with E-state index in [1.54, 1.807) is 0 Å². The third-order valence-corrected chi connectivity index (χ3v) is 20.9. The van der Waals surface area contributed by atoms with Crippen molar-refractivity contribution in [2.75, 3.05) is 26.3 Å². The number of β-lactam (4-membered cyclic amide) rings is 1. The Hall–Kier alpha value is -4.37. The Kier molecular flexibility index (Phi) is 13.1. The molecule has 6 rings (SSSR count). The lowest BCUT2D eigenvalue weighted by Crippen LogP contribution is -2.69. The van der Waals surface area contributed by atoms with Crippen molar-refractivity contribution in [3.05, 3.63) is 139 Å². The molecular formula is C47H57N2O6PSi. The normalized spacial score (nSPS) is 18.4. The molecule has 1 N–H and O–H groups in total. The van der Waals surface area contributed by atoms with E-state index in [0.717, 1.165) is 46.7 Å². The molecule has 3 atom stereocenters. The van der Waals surface area contributed by atoms with E-state index in [2.05, 4.69) is 45.3 Å². The van der Waals surface area contributed by atoms with Gasteiger partial charge in [-0.1, -0.05) is 136 Å². The van der Waals surface area contributed by atoms with Crippen LogP contribution in [0.15, 0.2) is 122 Å². The Balaban J connectivity index is 1.55. The van der Waals surface area contributed by atoms with Crippen molar-refractivity contribution in [2.24, 2.45) is 5.92 Å². The molecular weight excluding hydrogens is 748 g/mol. The fraction of sp³-hybridized carbons (Fsp3) is 0.362. The number of carboxylic acid groups (broad SMARTS) is 1. The maximum atomic E-state index is 15.1. The SMILES string of the molecule is C=CCc1ccccc1P(=C(C(=O)O)N1C(=O)[C@H]([C@@H](C)O[Si](C)(C)C(C)(C)C)[C@H]1CC(=O)c1ccc(CN2CCOCC2)cc1)(c1ccccc1)c1ccccc1. The molecule has 2 heterocycles. The van der Waals surface area contributed by atoms with Gasteiger partial charge in [0.15, 0.2) is 14.1 Å². The van der Waals surface area contributed by atoms with Crippen molar-refractivity contribution in [3.8, 4) is 0 Å². The van der Waals surface area contributed by atoms with E-state index < -0.39 is 39.2 Å². The standard InChI is InChI=1S/C47H57N2O6PSi/c1-8-17-37-18-15-16-23-42(37)56(38-19-11-9-12-20-38,39-21-13-10-14-22-39)45(46(52)53)49-40(43(44(49)51)34(2)55-57(6,7)47(3,4)5)32-41(50)36-26-24-35(25-27-36)33-48-28-30-54-31-29-48/h8-16,18-27,34,40,43H,1,17,28-33H2,2-7H3,(H,52,53)/t34-,40-,43-/m1/s1. The summed E-state index contributed by atoms with van der Waals surface area (Å²) in [7, 11) is -2.38. The van der Waals surface area contributed by atoms with E-state index in [4.69, 9.17) is 9.16 Å². The van der Waals surface area contributed by atoms with Crippen molar-refractivity contribution < 1.29 is 28.7 Å². The lowest BCUT2D eigenvalue weighted by molar-refractivity contribution is -0.155. The Morgan fingerprint density at radius 2 is 1.47 bits per heavy atom. The number of Topliss-reactive ketones (excluding diaryl/α,β-unsaturated/α-hetero) is 1. The number of hydrogen-bond acceptors (Lipinski definition) is 6. The average molecular weight is 805 g/mol. The molecule has 0 unspecified atom stereocenters. The Bertz CT molecular complexity index is 2080. The van der Waals surface area contributed by atoms with Crippen LogP contribution >= 0.6 is 6.89 Å². The van der Waals surface area contributed by atoms with E-state index >= 15 is 4.79 Å². The molecule has 4 aromatic carbocycles. The lowest BCUT2D eigenvalue weighted by atomic mass is 9.79. The fourth-order valence-electron chi connectivity index (χ4n) is 8.06. The molecule has 300 valence electrons. The second-order valence-corrected chi connectivity index (χ2v) is 24.7. The smallest absolute Gasteiger partial charge is 0.353 e. The molecule has 1 amide bonds. The highest BCUT2D eigenvalue weighted by Gasteiger charge is 2.57. The number of benzene rings is 4. The Labute approximate surface area is 339 Å². The molecule has 0 aromatic heterocycles. The first-order chi connectivity index (χ1) is 27.2. The number of rotatable bonds is 15. The van der Waals surface area contributed by atoms with Gasteiger partial charge in [0.1, 0.15) is 5.42 Å². The average Bonchev–Trinajstić information content (AvgIpc) is 3.19. The zero-order chi connectivity index (χ0) is 41.0. The van der Waals surface area contributed by atoms with Gasteiger partial charge >= 0.3 is 5.97 Å². The van der Waals surface area contributed by atoms with Crippen LogP contribution in [-0.4, -0.2) is 84.8 Å². The van der Waals surface area contributed by atoms with Gasteiger partial charge in [-0.25, -0.2) is 4.79 Å². The van der Waals surface area contributed by atoms with E-state index in [9.17, 15) is 14.7 Å². The first-order valence-corrected chi connectivity index (χ1v) is 24.6. The number of hydrogen-bond donors (Lipinski definition) is 1. The van der Waals surface area contributed by atoms with Crippen LogP contribution in [0.1, 0.15) is 55.6 Å². The highest BCUT2D eigenvalue weighted by atomic mass is 31.2. The van der Waals surface area contributed by atoms with Gasteiger partial charge < -0.3 is 19.2 Å². The maximum Gasteiger partial charge on any atom is 0.353 e. The zero-order valence-electron chi connectivity index (χ0n) is 34.2. The molecule has 2 saturated heterocycles. The van der Waals surface area contributed by atoms with E-state index in [1.807, 2.05) is 122 Å². The van der Waals surface area contributed by atoms with Crippen LogP contribution < -0.4 is 15.9 Å². The van der Waals surface area contributed by atoms with Crippen LogP contribution in [0.4, 0.5) is 0 Å². The van der Waals surface area contributed by atoms with Gasteiger partial charge in [0.25, 0.3) is 0 Å². The predicted octanol–water partition coefficient (Wildman–Crippen LogP) is 7.27. The largest absolute Gasteiger partial charge is 0.477 e. The van der Waals surface area contributed by atoms with Gasteiger partial charge in [-0.2, -0.15) is 0 Å². The molecule has 8 nitrogen and oxygen atoms in total. The molecule has 57 heavy (non-hydrogen) atoms. The summed E-state index contributed by atoms with van der Waals surface area (Å²) in [5, 5.41) is 14.0. The quantitative estimate of drug-likeness (QED) is 0.0445. The van der Waals surface area contributed by atoms with Crippen LogP contribution in [0.5, 0.6) is 0 Å². The van der Waals surface area contributed by atoms with Crippen molar-refractivity contribution in [1.82, 2.24) is 9.80 Å². The van der Waals surface area contributed by atoms with Crippen molar-refractivity contribution >= 4 is 54.2 Å². The molecule has 4 aromatic rings. The number of morpholine rings is 1. The van der Waals surface area contributed by atoms with Gasteiger partial charge in [-0.3, -0.25) is 14.5 Å². The minimum absolute atomic E-state index is 0.00384. The second kappa shape index (κ2) is 17.6. The summed E-state index contributed by atoms with van der Waals surface area (Å²) < 4.78 is 12.4. The predicted molar refractivity (Wildman–Crippen MR) is 235 cm³/mol. The van der Waals surface area contributed by atoms with Crippen molar-refractivity contribution in [1.29, 1.82) is 0 Å². The summed E-state index contributed by atoms with van der Waals surface area (Å²) in [6.07, 6.45) is 1.72. The van der Waals surface area contributed by atoms with Crippen LogP contribution in [0.25, 0.3) is 0 Å². The van der Waals surface area contributed by atoms with Gasteiger partial charge in [-0.15, -0.1) is 6.58 Å². The molecule has 0 radical (unpaired) electrons.